The number of rotatable bonds is 5. The van der Waals surface area contributed by atoms with Gasteiger partial charge in [-0.15, -0.1) is 0 Å². The van der Waals surface area contributed by atoms with Crippen LogP contribution in [0.1, 0.15) is 31.4 Å². The Bertz CT molecular complexity index is 953. The lowest BCUT2D eigenvalue weighted by Gasteiger charge is -2.18. The third-order valence-corrected chi connectivity index (χ3v) is 5.09. The summed E-state index contributed by atoms with van der Waals surface area (Å²) >= 11 is 18.6. The Hall–Kier alpha value is -2.08. The van der Waals surface area contributed by atoms with Gasteiger partial charge in [-0.3, -0.25) is 4.79 Å². The summed E-state index contributed by atoms with van der Waals surface area (Å²) in [6, 6.07) is 10.1. The van der Waals surface area contributed by atoms with Crippen LogP contribution in [0.25, 0.3) is 0 Å². The Morgan fingerprint density at radius 3 is 2.46 bits per heavy atom. The third-order valence-electron chi connectivity index (χ3n) is 4.14. The van der Waals surface area contributed by atoms with Gasteiger partial charge in [0.2, 0.25) is 0 Å². The van der Waals surface area contributed by atoms with E-state index in [1.807, 2.05) is 13.8 Å². The van der Waals surface area contributed by atoms with Crippen molar-refractivity contribution in [3.63, 3.8) is 0 Å². The molecule has 1 aliphatic rings. The van der Waals surface area contributed by atoms with Crippen molar-refractivity contribution in [2.45, 2.75) is 26.8 Å². The number of anilines is 1. The van der Waals surface area contributed by atoms with Gasteiger partial charge in [-0.1, -0.05) is 59.9 Å². The highest BCUT2D eigenvalue weighted by Crippen LogP contribution is 2.35. The molecule has 0 bridgehead atoms. The van der Waals surface area contributed by atoms with Crippen LogP contribution in [0.3, 0.4) is 0 Å². The summed E-state index contributed by atoms with van der Waals surface area (Å²) in [6.45, 7) is 3.92. The molecule has 0 atom stereocenters. The highest BCUT2D eigenvalue weighted by atomic mass is 35.5. The van der Waals surface area contributed by atoms with Crippen molar-refractivity contribution in [2.24, 2.45) is 11.1 Å². The molecule has 1 heterocycles. The maximum Gasteiger partial charge on any atom is 0.335 e. The monoisotopic (exact) mass is 438 g/mol. The van der Waals surface area contributed by atoms with E-state index in [2.05, 4.69) is 5.16 Å². The summed E-state index contributed by atoms with van der Waals surface area (Å²) < 4.78 is 0. The number of carbonyl (C=O) groups is 2. The highest BCUT2D eigenvalue weighted by Gasteiger charge is 2.36. The standard InChI is InChI=1S/C20H17Cl3N2O3/c1-11(2)8-18(26)28-24-19-13-9-12(21)6-7-17(13)25(20(19)27)10-14-15(22)4-3-5-16(14)23/h3-7,9,11H,8,10H2,1-2H3/b24-19+. The molecule has 0 saturated heterocycles. The average molecular weight is 440 g/mol. The molecule has 0 saturated carbocycles. The second-order valence-electron chi connectivity index (χ2n) is 6.75. The van der Waals surface area contributed by atoms with Gasteiger partial charge in [0.1, 0.15) is 0 Å². The molecular formula is C20H17Cl3N2O3. The molecule has 1 aliphatic heterocycles. The molecule has 3 rings (SSSR count). The summed E-state index contributed by atoms with van der Waals surface area (Å²) in [5.41, 5.74) is 1.69. The first-order chi connectivity index (χ1) is 13.3. The fourth-order valence-corrected chi connectivity index (χ4v) is 3.53. The summed E-state index contributed by atoms with van der Waals surface area (Å²) in [5.74, 6) is -0.815. The van der Waals surface area contributed by atoms with Gasteiger partial charge >= 0.3 is 5.97 Å². The van der Waals surface area contributed by atoms with E-state index in [9.17, 15) is 9.59 Å². The van der Waals surface area contributed by atoms with Gasteiger partial charge in [0.25, 0.3) is 5.91 Å². The average Bonchev–Trinajstić information content (AvgIpc) is 2.86. The minimum absolute atomic E-state index is 0.0118. The number of nitrogens with zero attached hydrogens (tertiary/aromatic N) is 2. The maximum absolute atomic E-state index is 13.0. The van der Waals surface area contributed by atoms with E-state index in [1.54, 1.807) is 36.4 Å². The van der Waals surface area contributed by atoms with Crippen molar-refractivity contribution >= 4 is 58.1 Å². The van der Waals surface area contributed by atoms with Crippen LogP contribution in [0.2, 0.25) is 15.1 Å². The summed E-state index contributed by atoms with van der Waals surface area (Å²) in [4.78, 5) is 31.3. The van der Waals surface area contributed by atoms with E-state index in [0.717, 1.165) is 0 Å². The predicted molar refractivity (Wildman–Crippen MR) is 111 cm³/mol. The minimum atomic E-state index is -0.508. The van der Waals surface area contributed by atoms with Crippen LogP contribution < -0.4 is 4.90 Å². The second-order valence-corrected chi connectivity index (χ2v) is 8.00. The molecule has 0 aliphatic carbocycles. The SMILES string of the molecule is CC(C)CC(=O)O/N=C1/C(=O)N(Cc2c(Cl)cccc2Cl)c2ccc(Cl)cc21. The number of fused-ring (bicyclic) bond motifs is 1. The van der Waals surface area contributed by atoms with Crippen molar-refractivity contribution in [2.75, 3.05) is 4.90 Å². The van der Waals surface area contributed by atoms with Gasteiger partial charge in [-0.2, -0.15) is 0 Å². The zero-order valence-electron chi connectivity index (χ0n) is 15.2. The van der Waals surface area contributed by atoms with E-state index in [1.165, 1.54) is 4.90 Å². The fraction of sp³-hybridized carbons (Fsp3) is 0.250. The zero-order valence-corrected chi connectivity index (χ0v) is 17.5. The second kappa shape index (κ2) is 8.52. The van der Waals surface area contributed by atoms with Gasteiger partial charge in [-0.05, 0) is 36.2 Å². The molecule has 0 spiro atoms. The number of hydrogen-bond acceptors (Lipinski definition) is 4. The Morgan fingerprint density at radius 1 is 1.14 bits per heavy atom. The van der Waals surface area contributed by atoms with E-state index in [-0.39, 0.29) is 24.6 Å². The highest BCUT2D eigenvalue weighted by molar-refractivity contribution is 6.54. The molecule has 2 aromatic rings. The first-order valence-corrected chi connectivity index (χ1v) is 9.73. The number of oxime groups is 1. The number of halogens is 3. The van der Waals surface area contributed by atoms with Crippen LogP contribution in [0, 0.1) is 5.92 Å². The zero-order chi connectivity index (χ0) is 20.4. The normalized spacial score (nSPS) is 14.7. The Kier molecular flexibility index (Phi) is 6.28. The van der Waals surface area contributed by atoms with Gasteiger partial charge in [-0.25, -0.2) is 4.79 Å². The van der Waals surface area contributed by atoms with Crippen LogP contribution in [-0.4, -0.2) is 17.6 Å². The van der Waals surface area contributed by atoms with Crippen molar-refractivity contribution < 1.29 is 14.4 Å². The summed E-state index contributed by atoms with van der Waals surface area (Å²) in [6.07, 6.45) is 0.201. The molecule has 0 fully saturated rings. The molecule has 0 N–H and O–H groups in total. The molecule has 0 aromatic heterocycles. The first-order valence-electron chi connectivity index (χ1n) is 8.60. The molecular weight excluding hydrogens is 423 g/mol. The molecule has 0 unspecified atom stereocenters. The van der Waals surface area contributed by atoms with Crippen LogP contribution in [-0.2, 0) is 21.0 Å². The van der Waals surface area contributed by atoms with Crippen molar-refractivity contribution in [1.82, 2.24) is 0 Å². The van der Waals surface area contributed by atoms with Crippen molar-refractivity contribution in [3.05, 3.63) is 62.6 Å². The maximum atomic E-state index is 13.0. The lowest BCUT2D eigenvalue weighted by molar-refractivity contribution is -0.144. The Morgan fingerprint density at radius 2 is 1.82 bits per heavy atom. The molecule has 5 nitrogen and oxygen atoms in total. The minimum Gasteiger partial charge on any atom is -0.317 e. The van der Waals surface area contributed by atoms with Crippen LogP contribution >= 0.6 is 34.8 Å². The number of benzene rings is 2. The predicted octanol–water partition coefficient (Wildman–Crippen LogP) is 5.49. The molecule has 2 aromatic carbocycles. The fourth-order valence-electron chi connectivity index (χ4n) is 2.84. The van der Waals surface area contributed by atoms with Gasteiger partial charge < -0.3 is 9.74 Å². The first kappa shape index (κ1) is 20.6. The van der Waals surface area contributed by atoms with Gasteiger partial charge in [0, 0.05) is 26.2 Å². The van der Waals surface area contributed by atoms with Crippen LogP contribution in [0.15, 0.2) is 41.6 Å². The van der Waals surface area contributed by atoms with E-state index in [0.29, 0.717) is 31.9 Å². The Balaban J connectivity index is 1.96. The summed E-state index contributed by atoms with van der Waals surface area (Å²) in [7, 11) is 0. The van der Waals surface area contributed by atoms with Crippen LogP contribution in [0.4, 0.5) is 5.69 Å². The van der Waals surface area contributed by atoms with Gasteiger partial charge in [0.15, 0.2) is 5.71 Å². The lowest BCUT2D eigenvalue weighted by atomic mass is 10.1. The Labute approximate surface area is 177 Å². The van der Waals surface area contributed by atoms with E-state index < -0.39 is 11.9 Å². The summed E-state index contributed by atoms with van der Waals surface area (Å²) in [5, 5.41) is 5.16. The number of carbonyl (C=O) groups excluding carboxylic acids is 2. The molecule has 0 radical (unpaired) electrons. The number of hydrogen-bond donors (Lipinski definition) is 0. The topological polar surface area (TPSA) is 59.0 Å². The molecule has 28 heavy (non-hydrogen) atoms. The van der Waals surface area contributed by atoms with E-state index in [4.69, 9.17) is 39.6 Å². The van der Waals surface area contributed by atoms with Gasteiger partial charge in [0.05, 0.1) is 18.7 Å². The lowest BCUT2D eigenvalue weighted by Crippen LogP contribution is -2.30. The van der Waals surface area contributed by atoms with Crippen molar-refractivity contribution in [1.29, 1.82) is 0 Å². The largest absolute Gasteiger partial charge is 0.335 e. The third kappa shape index (κ3) is 4.32. The molecule has 1 amide bonds. The molecule has 8 heteroatoms. The quantitative estimate of drug-likeness (QED) is 0.457. The molecule has 146 valence electrons. The van der Waals surface area contributed by atoms with E-state index >= 15 is 0 Å². The smallest absolute Gasteiger partial charge is 0.317 e. The number of amides is 1. The van der Waals surface area contributed by atoms with Crippen molar-refractivity contribution in [3.8, 4) is 0 Å². The van der Waals surface area contributed by atoms with Crippen LogP contribution in [0.5, 0.6) is 0 Å².